The van der Waals surface area contributed by atoms with Crippen molar-refractivity contribution in [1.82, 2.24) is 0 Å². The second-order valence-corrected chi connectivity index (χ2v) is 3.70. The summed E-state index contributed by atoms with van der Waals surface area (Å²) in [5, 5.41) is 0. The molecular weight excluding hydrogens is 273 g/mol. The summed E-state index contributed by atoms with van der Waals surface area (Å²) in [6.45, 7) is 1.98. The van der Waals surface area contributed by atoms with Gasteiger partial charge in [0.05, 0.1) is 3.57 Å². The van der Waals surface area contributed by atoms with Crippen LogP contribution in [0, 0.1) is 15.2 Å². The first-order valence-corrected chi connectivity index (χ1v) is 4.86. The Morgan fingerprint density at radius 1 is 1.25 bits per heavy atom. The first-order chi connectivity index (χ1) is 5.65. The molecule has 0 saturated heterocycles. The number of hydrogen-bond donors (Lipinski definition) is 0. The van der Waals surface area contributed by atoms with E-state index in [0.29, 0.717) is 0 Å². The van der Waals surface area contributed by atoms with Crippen LogP contribution in [-0.4, -0.2) is 0 Å². The van der Waals surface area contributed by atoms with Crippen LogP contribution in [-0.2, 0) is 6.42 Å². The van der Waals surface area contributed by atoms with Crippen molar-refractivity contribution in [2.24, 2.45) is 0 Å². The molecule has 0 saturated carbocycles. The van der Waals surface area contributed by atoms with Crippen molar-refractivity contribution in [3.8, 4) is 0 Å². The average Bonchev–Trinajstić information content (AvgIpc) is 2.01. The molecule has 0 spiro atoms. The molecule has 1 aromatic carbocycles. The zero-order valence-corrected chi connectivity index (χ0v) is 8.86. The number of aryl methyl sites for hydroxylation is 1. The standard InChI is InChI=1S/C9H9F2I/c1-2-3-6-4-7(10)9(12)8(11)5-6/h4-5H,2-3H2,1H3. The lowest BCUT2D eigenvalue weighted by Gasteiger charge is -2.01. The predicted molar refractivity (Wildman–Crippen MR) is 53.1 cm³/mol. The van der Waals surface area contributed by atoms with E-state index < -0.39 is 11.6 Å². The van der Waals surface area contributed by atoms with Gasteiger partial charge in [-0.15, -0.1) is 0 Å². The van der Waals surface area contributed by atoms with Crippen LogP contribution in [0.15, 0.2) is 12.1 Å². The highest BCUT2D eigenvalue weighted by atomic mass is 127. The third kappa shape index (κ3) is 2.15. The lowest BCUT2D eigenvalue weighted by atomic mass is 10.1. The first kappa shape index (κ1) is 9.89. The fourth-order valence-electron chi connectivity index (χ4n) is 1.04. The Balaban J connectivity index is 3.04. The van der Waals surface area contributed by atoms with E-state index in [-0.39, 0.29) is 3.57 Å². The van der Waals surface area contributed by atoms with Crippen molar-refractivity contribution < 1.29 is 8.78 Å². The molecule has 0 fully saturated rings. The zero-order valence-electron chi connectivity index (χ0n) is 6.70. The van der Waals surface area contributed by atoms with Crippen molar-refractivity contribution >= 4 is 22.6 Å². The summed E-state index contributed by atoms with van der Waals surface area (Å²) in [6, 6.07) is 2.79. The van der Waals surface area contributed by atoms with E-state index >= 15 is 0 Å². The Labute approximate surface area is 84.1 Å². The van der Waals surface area contributed by atoms with E-state index in [1.165, 1.54) is 12.1 Å². The second-order valence-electron chi connectivity index (χ2n) is 2.62. The molecule has 0 amide bonds. The molecule has 0 atom stereocenters. The van der Waals surface area contributed by atoms with Crippen molar-refractivity contribution in [3.63, 3.8) is 0 Å². The maximum Gasteiger partial charge on any atom is 0.139 e. The molecule has 0 aliphatic heterocycles. The minimum absolute atomic E-state index is 0.0763. The molecule has 0 unspecified atom stereocenters. The molecule has 1 aromatic rings. The van der Waals surface area contributed by atoms with Crippen LogP contribution < -0.4 is 0 Å². The third-order valence-corrected chi connectivity index (χ3v) is 2.61. The van der Waals surface area contributed by atoms with Gasteiger partial charge in [-0.3, -0.25) is 0 Å². The van der Waals surface area contributed by atoms with E-state index in [1.54, 1.807) is 22.6 Å². The summed E-state index contributed by atoms with van der Waals surface area (Å²) in [5.74, 6) is -0.918. The Bertz CT molecular complexity index is 261. The summed E-state index contributed by atoms with van der Waals surface area (Å²) in [6.07, 6.45) is 1.63. The van der Waals surface area contributed by atoms with Gasteiger partial charge < -0.3 is 0 Å². The smallest absolute Gasteiger partial charge is 0.139 e. The number of benzene rings is 1. The van der Waals surface area contributed by atoms with Gasteiger partial charge in [0, 0.05) is 0 Å². The maximum atomic E-state index is 12.9. The van der Waals surface area contributed by atoms with Gasteiger partial charge in [0.25, 0.3) is 0 Å². The molecule has 0 aliphatic carbocycles. The van der Waals surface area contributed by atoms with Gasteiger partial charge in [-0.25, -0.2) is 8.78 Å². The number of halogens is 3. The van der Waals surface area contributed by atoms with Gasteiger partial charge in [0.15, 0.2) is 0 Å². The summed E-state index contributed by atoms with van der Waals surface area (Å²) < 4.78 is 25.9. The monoisotopic (exact) mass is 282 g/mol. The summed E-state index contributed by atoms with van der Waals surface area (Å²) in [7, 11) is 0. The molecule has 1 rings (SSSR count). The lowest BCUT2D eigenvalue weighted by molar-refractivity contribution is 0.566. The minimum atomic E-state index is -0.459. The molecule has 0 nitrogen and oxygen atoms in total. The van der Waals surface area contributed by atoms with Gasteiger partial charge in [-0.2, -0.15) is 0 Å². The Kier molecular flexibility index (Phi) is 3.43. The van der Waals surface area contributed by atoms with Crippen LogP contribution in [0.5, 0.6) is 0 Å². The maximum absolute atomic E-state index is 12.9. The quantitative estimate of drug-likeness (QED) is 0.575. The lowest BCUT2D eigenvalue weighted by Crippen LogP contribution is -1.92. The van der Waals surface area contributed by atoms with Gasteiger partial charge in [-0.1, -0.05) is 13.3 Å². The SMILES string of the molecule is CCCc1cc(F)c(I)c(F)c1. The topological polar surface area (TPSA) is 0 Å². The van der Waals surface area contributed by atoms with Crippen LogP contribution in [0.4, 0.5) is 8.78 Å². The summed E-state index contributed by atoms with van der Waals surface area (Å²) in [5.41, 5.74) is 0.730. The van der Waals surface area contributed by atoms with E-state index in [0.717, 1.165) is 18.4 Å². The molecular formula is C9H9F2I. The highest BCUT2D eigenvalue weighted by Crippen LogP contribution is 2.17. The largest absolute Gasteiger partial charge is 0.206 e. The molecule has 66 valence electrons. The van der Waals surface area contributed by atoms with Gasteiger partial charge in [0.1, 0.15) is 11.6 Å². The second kappa shape index (κ2) is 4.16. The molecule has 0 aromatic heterocycles. The van der Waals surface area contributed by atoms with Crippen LogP contribution in [0.3, 0.4) is 0 Å². The van der Waals surface area contributed by atoms with E-state index in [4.69, 9.17) is 0 Å². The van der Waals surface area contributed by atoms with Gasteiger partial charge in [0.2, 0.25) is 0 Å². The van der Waals surface area contributed by atoms with Gasteiger partial charge in [-0.05, 0) is 46.7 Å². The summed E-state index contributed by atoms with van der Waals surface area (Å²) >= 11 is 1.66. The number of hydrogen-bond acceptors (Lipinski definition) is 0. The summed E-state index contributed by atoms with van der Waals surface area (Å²) in [4.78, 5) is 0. The average molecular weight is 282 g/mol. The van der Waals surface area contributed by atoms with Crippen LogP contribution in [0.1, 0.15) is 18.9 Å². The van der Waals surface area contributed by atoms with E-state index in [9.17, 15) is 8.78 Å². The Morgan fingerprint density at radius 3 is 2.17 bits per heavy atom. The van der Waals surface area contributed by atoms with Crippen LogP contribution in [0.25, 0.3) is 0 Å². The normalized spacial score (nSPS) is 10.3. The first-order valence-electron chi connectivity index (χ1n) is 3.78. The molecule has 0 N–H and O–H groups in total. The number of rotatable bonds is 2. The highest BCUT2D eigenvalue weighted by molar-refractivity contribution is 14.1. The fraction of sp³-hybridized carbons (Fsp3) is 0.333. The van der Waals surface area contributed by atoms with Gasteiger partial charge >= 0.3 is 0 Å². The van der Waals surface area contributed by atoms with Crippen molar-refractivity contribution in [1.29, 1.82) is 0 Å². The van der Waals surface area contributed by atoms with E-state index in [2.05, 4.69) is 0 Å². The molecule has 12 heavy (non-hydrogen) atoms. The van der Waals surface area contributed by atoms with Crippen LogP contribution in [0.2, 0.25) is 0 Å². The highest BCUT2D eigenvalue weighted by Gasteiger charge is 2.06. The Morgan fingerprint density at radius 2 is 1.75 bits per heavy atom. The zero-order chi connectivity index (χ0) is 9.14. The van der Waals surface area contributed by atoms with Crippen molar-refractivity contribution in [2.75, 3.05) is 0 Å². The van der Waals surface area contributed by atoms with Crippen molar-refractivity contribution in [2.45, 2.75) is 19.8 Å². The molecule has 0 heterocycles. The molecule has 0 radical (unpaired) electrons. The molecule has 3 heteroatoms. The molecule has 0 aliphatic rings. The van der Waals surface area contributed by atoms with E-state index in [1.807, 2.05) is 6.92 Å². The Hall–Kier alpha value is -0.190. The third-order valence-electron chi connectivity index (χ3n) is 1.58. The fourth-order valence-corrected chi connectivity index (χ4v) is 1.35. The predicted octanol–water partition coefficient (Wildman–Crippen LogP) is 3.52. The van der Waals surface area contributed by atoms with Crippen molar-refractivity contribution in [3.05, 3.63) is 32.9 Å². The molecule has 0 bridgehead atoms. The van der Waals surface area contributed by atoms with Crippen LogP contribution >= 0.6 is 22.6 Å². The minimum Gasteiger partial charge on any atom is -0.206 e.